The summed E-state index contributed by atoms with van der Waals surface area (Å²) in [7, 11) is 0. The Kier molecular flexibility index (Phi) is 4.04. The summed E-state index contributed by atoms with van der Waals surface area (Å²) in [6.45, 7) is 3.72. The fraction of sp³-hybridized carbons (Fsp3) is 0.500. The van der Waals surface area contributed by atoms with Crippen molar-refractivity contribution in [2.45, 2.75) is 20.3 Å². The number of aryl methyl sites for hydroxylation is 1. The molecular weight excluding hydrogens is 210 g/mol. The van der Waals surface area contributed by atoms with Gasteiger partial charge in [0.25, 0.3) is 5.91 Å². The van der Waals surface area contributed by atoms with Crippen LogP contribution in [0.15, 0.2) is 6.07 Å². The van der Waals surface area contributed by atoms with Crippen LogP contribution in [0.4, 0.5) is 0 Å². The van der Waals surface area contributed by atoms with Crippen molar-refractivity contribution in [1.29, 1.82) is 0 Å². The minimum absolute atomic E-state index is 0.264. The third-order valence-electron chi connectivity index (χ3n) is 2.23. The lowest BCUT2D eigenvalue weighted by Gasteiger charge is -2.16. The molecule has 1 amide bonds. The van der Waals surface area contributed by atoms with Gasteiger partial charge in [0.1, 0.15) is 12.2 Å². The number of nitrogens with one attached hydrogen (secondary N) is 1. The van der Waals surface area contributed by atoms with Crippen molar-refractivity contribution < 1.29 is 14.7 Å². The molecule has 0 atom stereocenters. The van der Waals surface area contributed by atoms with Crippen LogP contribution >= 0.6 is 0 Å². The predicted octanol–water partition coefficient (Wildman–Crippen LogP) is 0.519. The molecule has 1 aromatic rings. The summed E-state index contributed by atoms with van der Waals surface area (Å²) in [4.78, 5) is 23.6. The van der Waals surface area contributed by atoms with Gasteiger partial charge < -0.3 is 10.0 Å². The first-order valence-corrected chi connectivity index (χ1v) is 5.13. The van der Waals surface area contributed by atoms with Crippen LogP contribution in [0.3, 0.4) is 0 Å². The number of carboxylic acids is 1. The number of carbonyl (C=O) groups is 2. The number of aromatic nitrogens is 2. The summed E-state index contributed by atoms with van der Waals surface area (Å²) in [6, 6.07) is 1.65. The summed E-state index contributed by atoms with van der Waals surface area (Å²) in [5, 5.41) is 15.2. The fourth-order valence-corrected chi connectivity index (χ4v) is 1.30. The quantitative estimate of drug-likeness (QED) is 0.764. The standard InChI is InChI=1S/C10H15N3O3/c1-3-7-5-8(12-11-7)10(16)13(4-2)6-9(14)15/h5H,3-4,6H2,1-2H3,(H,11,12)(H,14,15). The van der Waals surface area contributed by atoms with Crippen molar-refractivity contribution in [3.05, 3.63) is 17.5 Å². The molecule has 0 fully saturated rings. The Morgan fingerprint density at radius 2 is 2.19 bits per heavy atom. The van der Waals surface area contributed by atoms with Gasteiger partial charge in [-0.25, -0.2) is 0 Å². The molecule has 6 heteroatoms. The SMILES string of the molecule is CCc1cc(C(=O)N(CC)CC(=O)O)n[nH]1. The van der Waals surface area contributed by atoms with E-state index in [9.17, 15) is 9.59 Å². The molecule has 0 radical (unpaired) electrons. The molecule has 0 unspecified atom stereocenters. The molecule has 0 saturated heterocycles. The van der Waals surface area contributed by atoms with E-state index in [4.69, 9.17) is 5.11 Å². The number of aromatic amines is 1. The van der Waals surface area contributed by atoms with E-state index >= 15 is 0 Å². The molecule has 0 aliphatic carbocycles. The number of hydrogen-bond donors (Lipinski definition) is 2. The van der Waals surface area contributed by atoms with E-state index in [0.717, 1.165) is 12.1 Å². The second kappa shape index (κ2) is 5.29. The number of rotatable bonds is 5. The molecule has 1 rings (SSSR count). The largest absolute Gasteiger partial charge is 0.480 e. The number of amides is 1. The van der Waals surface area contributed by atoms with Crippen LogP contribution in [0.25, 0.3) is 0 Å². The molecule has 2 N–H and O–H groups in total. The normalized spacial score (nSPS) is 10.1. The molecule has 1 heterocycles. The average molecular weight is 225 g/mol. The van der Waals surface area contributed by atoms with Crippen LogP contribution in [0.5, 0.6) is 0 Å². The topological polar surface area (TPSA) is 86.3 Å². The Bertz CT molecular complexity index is 386. The lowest BCUT2D eigenvalue weighted by molar-refractivity contribution is -0.137. The van der Waals surface area contributed by atoms with Gasteiger partial charge in [-0.05, 0) is 19.4 Å². The number of carboxylic acid groups (broad SMARTS) is 1. The van der Waals surface area contributed by atoms with Gasteiger partial charge in [0.05, 0.1) is 0 Å². The van der Waals surface area contributed by atoms with Gasteiger partial charge in [-0.2, -0.15) is 5.10 Å². The molecule has 0 spiro atoms. The summed E-state index contributed by atoms with van der Waals surface area (Å²) < 4.78 is 0. The molecule has 0 bridgehead atoms. The van der Waals surface area contributed by atoms with Crippen LogP contribution in [0.2, 0.25) is 0 Å². The molecular formula is C10H15N3O3. The maximum absolute atomic E-state index is 11.8. The van der Waals surface area contributed by atoms with Gasteiger partial charge >= 0.3 is 5.97 Å². The second-order valence-corrected chi connectivity index (χ2v) is 3.35. The van der Waals surface area contributed by atoms with Crippen molar-refractivity contribution in [1.82, 2.24) is 15.1 Å². The van der Waals surface area contributed by atoms with E-state index in [2.05, 4.69) is 10.2 Å². The number of hydrogen-bond acceptors (Lipinski definition) is 3. The average Bonchev–Trinajstić information content (AvgIpc) is 2.73. The minimum Gasteiger partial charge on any atom is -0.480 e. The molecule has 1 aromatic heterocycles. The summed E-state index contributed by atoms with van der Waals surface area (Å²) >= 11 is 0. The maximum Gasteiger partial charge on any atom is 0.323 e. The number of nitrogens with zero attached hydrogens (tertiary/aromatic N) is 2. The Balaban J connectivity index is 2.78. The Morgan fingerprint density at radius 1 is 1.50 bits per heavy atom. The molecule has 0 aliphatic heterocycles. The van der Waals surface area contributed by atoms with Crippen LogP contribution in [-0.4, -0.2) is 45.2 Å². The number of aliphatic carboxylic acids is 1. The zero-order valence-electron chi connectivity index (χ0n) is 9.36. The maximum atomic E-state index is 11.8. The van der Waals surface area contributed by atoms with Gasteiger partial charge in [-0.15, -0.1) is 0 Å². The van der Waals surface area contributed by atoms with E-state index in [0.29, 0.717) is 6.54 Å². The molecule has 0 aliphatic rings. The Morgan fingerprint density at radius 3 is 2.62 bits per heavy atom. The van der Waals surface area contributed by atoms with Crippen LogP contribution in [-0.2, 0) is 11.2 Å². The highest BCUT2D eigenvalue weighted by atomic mass is 16.4. The van der Waals surface area contributed by atoms with Crippen molar-refractivity contribution in [2.75, 3.05) is 13.1 Å². The minimum atomic E-state index is -1.03. The number of H-pyrrole nitrogens is 1. The summed E-state index contributed by atoms with van der Waals surface area (Å²) in [6.07, 6.45) is 0.755. The van der Waals surface area contributed by atoms with Crippen molar-refractivity contribution >= 4 is 11.9 Å². The van der Waals surface area contributed by atoms with Gasteiger partial charge in [0, 0.05) is 12.2 Å². The zero-order valence-corrected chi connectivity index (χ0v) is 9.36. The van der Waals surface area contributed by atoms with Crippen LogP contribution < -0.4 is 0 Å². The van der Waals surface area contributed by atoms with Gasteiger partial charge in [0.15, 0.2) is 0 Å². The van der Waals surface area contributed by atoms with E-state index in [1.807, 2.05) is 6.92 Å². The summed E-state index contributed by atoms with van der Waals surface area (Å²) in [5.41, 5.74) is 1.12. The van der Waals surface area contributed by atoms with E-state index in [-0.39, 0.29) is 18.1 Å². The fourth-order valence-electron chi connectivity index (χ4n) is 1.30. The third kappa shape index (κ3) is 2.82. The van der Waals surface area contributed by atoms with Gasteiger partial charge in [0.2, 0.25) is 0 Å². The van der Waals surface area contributed by atoms with E-state index in [1.165, 1.54) is 4.90 Å². The number of carbonyl (C=O) groups excluding carboxylic acids is 1. The van der Waals surface area contributed by atoms with Gasteiger partial charge in [-0.3, -0.25) is 14.7 Å². The second-order valence-electron chi connectivity index (χ2n) is 3.35. The zero-order chi connectivity index (χ0) is 12.1. The van der Waals surface area contributed by atoms with Crippen molar-refractivity contribution in [3.63, 3.8) is 0 Å². The first-order chi connectivity index (χ1) is 7.58. The first kappa shape index (κ1) is 12.2. The molecule has 0 aromatic carbocycles. The molecule has 16 heavy (non-hydrogen) atoms. The van der Waals surface area contributed by atoms with Crippen LogP contribution in [0.1, 0.15) is 30.0 Å². The van der Waals surface area contributed by atoms with E-state index < -0.39 is 5.97 Å². The third-order valence-corrected chi connectivity index (χ3v) is 2.23. The van der Waals surface area contributed by atoms with Gasteiger partial charge in [-0.1, -0.05) is 6.92 Å². The Labute approximate surface area is 93.3 Å². The highest BCUT2D eigenvalue weighted by molar-refractivity contribution is 5.94. The smallest absolute Gasteiger partial charge is 0.323 e. The lowest BCUT2D eigenvalue weighted by Crippen LogP contribution is -2.35. The highest BCUT2D eigenvalue weighted by Gasteiger charge is 2.19. The van der Waals surface area contributed by atoms with Crippen molar-refractivity contribution in [2.24, 2.45) is 0 Å². The molecule has 88 valence electrons. The monoisotopic (exact) mass is 225 g/mol. The van der Waals surface area contributed by atoms with Crippen LogP contribution in [0, 0.1) is 0 Å². The number of likely N-dealkylation sites (N-methyl/N-ethyl adjacent to an activating group) is 1. The molecule has 0 saturated carbocycles. The lowest BCUT2D eigenvalue weighted by atomic mass is 10.3. The predicted molar refractivity (Wildman–Crippen MR) is 57.2 cm³/mol. The summed E-state index contributed by atoms with van der Waals surface area (Å²) in [5.74, 6) is -1.39. The highest BCUT2D eigenvalue weighted by Crippen LogP contribution is 2.04. The van der Waals surface area contributed by atoms with E-state index in [1.54, 1.807) is 13.0 Å². The van der Waals surface area contributed by atoms with Crippen molar-refractivity contribution in [3.8, 4) is 0 Å². The molecule has 6 nitrogen and oxygen atoms in total. The first-order valence-electron chi connectivity index (χ1n) is 5.13. The Hall–Kier alpha value is -1.85.